The molecule has 4 amide bonds. The molecule has 0 aliphatic carbocycles. The van der Waals surface area contributed by atoms with Gasteiger partial charge in [-0.15, -0.1) is 0 Å². The molecule has 1 unspecified atom stereocenters. The number of piperidine rings is 1. The Morgan fingerprint density at radius 2 is 1.94 bits per heavy atom. The van der Waals surface area contributed by atoms with E-state index in [0.29, 0.717) is 22.6 Å². The van der Waals surface area contributed by atoms with Crippen LogP contribution in [0.3, 0.4) is 0 Å². The van der Waals surface area contributed by atoms with Gasteiger partial charge in [-0.25, -0.2) is 0 Å². The van der Waals surface area contributed by atoms with Gasteiger partial charge in [0.2, 0.25) is 17.6 Å². The molecule has 0 saturated carbocycles. The maximum Gasteiger partial charge on any atom is 0.292 e. The van der Waals surface area contributed by atoms with Crippen molar-refractivity contribution in [2.45, 2.75) is 32.0 Å². The van der Waals surface area contributed by atoms with E-state index in [2.05, 4.69) is 10.6 Å². The van der Waals surface area contributed by atoms with E-state index in [9.17, 15) is 24.0 Å². The Balaban J connectivity index is 1.41. The van der Waals surface area contributed by atoms with Gasteiger partial charge in [-0.05, 0) is 35.7 Å². The summed E-state index contributed by atoms with van der Waals surface area (Å²) in [5.74, 6) is -2.52. The largest absolute Gasteiger partial charge is 0.345 e. The third-order valence-corrected chi connectivity index (χ3v) is 5.57. The average molecular weight is 440 g/mol. The lowest BCUT2D eigenvalue weighted by Gasteiger charge is -2.29. The van der Waals surface area contributed by atoms with Crippen LogP contribution >= 0.6 is 11.6 Å². The Kier molecular flexibility index (Phi) is 5.56. The average Bonchev–Trinajstić information content (AvgIpc) is 3.07. The molecule has 2 aliphatic heterocycles. The molecule has 2 N–H and O–H groups in total. The Morgan fingerprint density at radius 3 is 2.68 bits per heavy atom. The fourth-order valence-corrected chi connectivity index (χ4v) is 3.95. The minimum absolute atomic E-state index is 0.102. The van der Waals surface area contributed by atoms with Crippen LogP contribution in [-0.2, 0) is 27.5 Å². The molecule has 1 atom stereocenters. The van der Waals surface area contributed by atoms with Gasteiger partial charge in [0.05, 0.1) is 0 Å². The van der Waals surface area contributed by atoms with Crippen LogP contribution in [0.5, 0.6) is 0 Å². The molecule has 2 aromatic rings. The highest BCUT2D eigenvalue weighted by Crippen LogP contribution is 2.28. The summed E-state index contributed by atoms with van der Waals surface area (Å²) in [5.41, 5.74) is 2.12. The molecule has 4 rings (SSSR count). The van der Waals surface area contributed by atoms with Gasteiger partial charge in [-0.1, -0.05) is 35.9 Å². The zero-order valence-corrected chi connectivity index (χ0v) is 17.1. The van der Waals surface area contributed by atoms with Gasteiger partial charge in [-0.2, -0.15) is 0 Å². The molecule has 0 bridgehead atoms. The molecule has 2 aliphatic rings. The number of hydrogen-bond donors (Lipinski definition) is 2. The third-order valence-electron chi connectivity index (χ3n) is 5.33. The first-order chi connectivity index (χ1) is 14.8. The summed E-state index contributed by atoms with van der Waals surface area (Å²) in [6, 6.07) is 10.6. The fraction of sp³-hybridized carbons (Fsp3) is 0.227. The van der Waals surface area contributed by atoms with Crippen molar-refractivity contribution in [3.63, 3.8) is 0 Å². The maximum atomic E-state index is 12.7. The number of carbonyl (C=O) groups is 5. The van der Waals surface area contributed by atoms with Gasteiger partial charge in [-0.3, -0.25) is 29.3 Å². The smallest absolute Gasteiger partial charge is 0.292 e. The van der Waals surface area contributed by atoms with Crippen molar-refractivity contribution in [1.82, 2.24) is 15.5 Å². The van der Waals surface area contributed by atoms with E-state index >= 15 is 0 Å². The highest BCUT2D eigenvalue weighted by molar-refractivity contribution is 6.43. The maximum absolute atomic E-state index is 12.7. The summed E-state index contributed by atoms with van der Waals surface area (Å²) in [4.78, 5) is 62.1. The second kappa shape index (κ2) is 8.31. The molecule has 1 fully saturated rings. The van der Waals surface area contributed by atoms with Crippen molar-refractivity contribution in [3.05, 3.63) is 69.7 Å². The standard InChI is InChI=1S/C22H18ClN3O5/c23-15-3-1-2-13(9-15)19(28)21(30)24-10-12-4-5-16-14(8-12)11-26(22(16)31)17-6-7-18(27)25-20(17)29/h1-5,8-9,17H,6-7,10-11H2,(H,24,30)(H,25,27,29). The summed E-state index contributed by atoms with van der Waals surface area (Å²) in [5, 5.41) is 5.20. The quantitative estimate of drug-likeness (QED) is 0.417. The lowest BCUT2D eigenvalue weighted by molar-refractivity contribution is -0.137. The number of ketones is 1. The van der Waals surface area contributed by atoms with Gasteiger partial charge in [0.1, 0.15) is 6.04 Å². The molecule has 8 nitrogen and oxygen atoms in total. The molecule has 0 spiro atoms. The number of rotatable bonds is 5. The molecule has 0 aromatic heterocycles. The third kappa shape index (κ3) is 4.20. The predicted octanol–water partition coefficient (Wildman–Crippen LogP) is 1.60. The minimum Gasteiger partial charge on any atom is -0.345 e. The van der Waals surface area contributed by atoms with Crippen LogP contribution in [0.1, 0.15) is 44.7 Å². The predicted molar refractivity (Wildman–Crippen MR) is 110 cm³/mol. The lowest BCUT2D eigenvalue weighted by atomic mass is 10.0. The van der Waals surface area contributed by atoms with Crippen LogP contribution in [0.2, 0.25) is 5.02 Å². The van der Waals surface area contributed by atoms with Crippen molar-refractivity contribution < 1.29 is 24.0 Å². The minimum atomic E-state index is -0.760. The van der Waals surface area contributed by atoms with Crippen LogP contribution in [0.15, 0.2) is 42.5 Å². The van der Waals surface area contributed by atoms with Gasteiger partial charge < -0.3 is 10.2 Å². The van der Waals surface area contributed by atoms with Gasteiger partial charge in [0, 0.05) is 35.7 Å². The number of amides is 4. The van der Waals surface area contributed by atoms with Gasteiger partial charge >= 0.3 is 0 Å². The van der Waals surface area contributed by atoms with E-state index in [1.807, 2.05) is 0 Å². The summed E-state index contributed by atoms with van der Waals surface area (Å²) in [7, 11) is 0. The van der Waals surface area contributed by atoms with Crippen molar-refractivity contribution in [2.24, 2.45) is 0 Å². The van der Waals surface area contributed by atoms with E-state index < -0.39 is 23.6 Å². The first kappa shape index (κ1) is 20.7. The Bertz CT molecular complexity index is 1130. The summed E-state index contributed by atoms with van der Waals surface area (Å²) in [6.07, 6.45) is 0.480. The number of imide groups is 1. The first-order valence-electron chi connectivity index (χ1n) is 9.68. The molecule has 9 heteroatoms. The summed E-state index contributed by atoms with van der Waals surface area (Å²) < 4.78 is 0. The first-order valence-corrected chi connectivity index (χ1v) is 10.1. The molecule has 2 aromatic carbocycles. The molecule has 0 radical (unpaired) electrons. The number of halogens is 1. The highest BCUT2D eigenvalue weighted by atomic mass is 35.5. The van der Waals surface area contributed by atoms with Crippen LogP contribution in [-0.4, -0.2) is 40.4 Å². The van der Waals surface area contributed by atoms with Crippen LogP contribution in [0.25, 0.3) is 0 Å². The van der Waals surface area contributed by atoms with E-state index in [0.717, 1.165) is 5.56 Å². The Morgan fingerprint density at radius 1 is 1.13 bits per heavy atom. The number of hydrogen-bond acceptors (Lipinski definition) is 5. The second-order valence-corrected chi connectivity index (χ2v) is 7.85. The molecule has 1 saturated heterocycles. The van der Waals surface area contributed by atoms with Crippen molar-refractivity contribution >= 4 is 41.0 Å². The zero-order chi connectivity index (χ0) is 22.1. The highest BCUT2D eigenvalue weighted by Gasteiger charge is 2.39. The zero-order valence-electron chi connectivity index (χ0n) is 16.3. The summed E-state index contributed by atoms with van der Waals surface area (Å²) in [6.45, 7) is 0.342. The van der Waals surface area contributed by atoms with E-state index in [1.165, 1.54) is 17.0 Å². The van der Waals surface area contributed by atoms with E-state index in [1.54, 1.807) is 30.3 Å². The van der Waals surface area contributed by atoms with E-state index in [-0.39, 0.29) is 36.9 Å². The molecular weight excluding hydrogens is 422 g/mol. The number of benzene rings is 2. The number of nitrogens with zero attached hydrogens (tertiary/aromatic N) is 1. The monoisotopic (exact) mass is 439 g/mol. The lowest BCUT2D eigenvalue weighted by Crippen LogP contribution is -2.52. The summed E-state index contributed by atoms with van der Waals surface area (Å²) >= 11 is 5.86. The van der Waals surface area contributed by atoms with Crippen molar-refractivity contribution in [3.8, 4) is 0 Å². The van der Waals surface area contributed by atoms with Crippen LogP contribution in [0.4, 0.5) is 0 Å². The number of carbonyl (C=O) groups excluding carboxylic acids is 5. The Hall–Kier alpha value is -3.52. The van der Waals surface area contributed by atoms with Crippen molar-refractivity contribution in [1.29, 1.82) is 0 Å². The second-order valence-electron chi connectivity index (χ2n) is 7.41. The molecule has 158 valence electrons. The van der Waals surface area contributed by atoms with E-state index in [4.69, 9.17) is 11.6 Å². The molecule has 31 heavy (non-hydrogen) atoms. The van der Waals surface area contributed by atoms with Crippen molar-refractivity contribution in [2.75, 3.05) is 0 Å². The van der Waals surface area contributed by atoms with Gasteiger partial charge in [0.25, 0.3) is 11.8 Å². The SMILES string of the molecule is O=C1CCC(N2Cc3cc(CNC(=O)C(=O)c4cccc(Cl)c4)ccc3C2=O)C(=O)N1. The van der Waals surface area contributed by atoms with Crippen LogP contribution < -0.4 is 10.6 Å². The molecular formula is C22H18ClN3O5. The number of nitrogens with one attached hydrogen (secondary N) is 2. The number of fused-ring (bicyclic) bond motifs is 1. The molecule has 2 heterocycles. The topological polar surface area (TPSA) is 113 Å². The normalized spacial score (nSPS) is 17.9. The number of Topliss-reactive ketones (excluding diaryl/α,β-unsaturated/α-hetero) is 1. The Labute approximate surface area is 182 Å². The van der Waals surface area contributed by atoms with Gasteiger partial charge in [0.15, 0.2) is 0 Å². The fourth-order valence-electron chi connectivity index (χ4n) is 3.76. The van der Waals surface area contributed by atoms with Crippen LogP contribution in [0, 0.1) is 0 Å².